The fourth-order valence-corrected chi connectivity index (χ4v) is 3.66. The molecule has 2 aromatic carbocycles. The van der Waals surface area contributed by atoms with Crippen molar-refractivity contribution in [1.29, 1.82) is 0 Å². The number of halogens is 2. The SMILES string of the molecule is CC1CCN(C(=O)c2ccccc2NC(=O)C(C)Oc2ccc(Cl)cc2Cl)CC1. The van der Waals surface area contributed by atoms with E-state index in [4.69, 9.17) is 27.9 Å². The second-order valence-corrected chi connectivity index (χ2v) is 8.19. The summed E-state index contributed by atoms with van der Waals surface area (Å²) in [6.07, 6.45) is 1.17. The largest absolute Gasteiger partial charge is 0.479 e. The number of hydrogen-bond acceptors (Lipinski definition) is 3. The van der Waals surface area contributed by atoms with Crippen molar-refractivity contribution in [2.45, 2.75) is 32.8 Å². The number of carbonyl (C=O) groups excluding carboxylic acids is 2. The highest BCUT2D eigenvalue weighted by atomic mass is 35.5. The van der Waals surface area contributed by atoms with Crippen molar-refractivity contribution in [1.82, 2.24) is 4.90 Å². The topological polar surface area (TPSA) is 58.6 Å². The summed E-state index contributed by atoms with van der Waals surface area (Å²) in [5.41, 5.74) is 0.950. The van der Waals surface area contributed by atoms with Crippen LogP contribution in [-0.2, 0) is 4.79 Å². The molecule has 0 radical (unpaired) electrons. The molecule has 0 spiro atoms. The van der Waals surface area contributed by atoms with Crippen molar-refractivity contribution >= 4 is 40.7 Å². The number of nitrogens with zero attached hydrogens (tertiary/aromatic N) is 1. The lowest BCUT2D eigenvalue weighted by Gasteiger charge is -2.31. The van der Waals surface area contributed by atoms with Gasteiger partial charge in [-0.2, -0.15) is 0 Å². The van der Waals surface area contributed by atoms with Gasteiger partial charge in [0.2, 0.25) is 0 Å². The van der Waals surface area contributed by atoms with Crippen LogP contribution in [0, 0.1) is 5.92 Å². The lowest BCUT2D eigenvalue weighted by atomic mass is 9.98. The molecule has 1 N–H and O–H groups in total. The van der Waals surface area contributed by atoms with Crippen molar-refractivity contribution in [3.63, 3.8) is 0 Å². The smallest absolute Gasteiger partial charge is 0.265 e. The van der Waals surface area contributed by atoms with Gasteiger partial charge in [0.25, 0.3) is 11.8 Å². The Balaban J connectivity index is 1.69. The van der Waals surface area contributed by atoms with Crippen LogP contribution >= 0.6 is 23.2 Å². The molecule has 1 aliphatic heterocycles. The Morgan fingerprint density at radius 3 is 2.52 bits per heavy atom. The van der Waals surface area contributed by atoms with Gasteiger partial charge in [-0.1, -0.05) is 42.3 Å². The zero-order valence-corrected chi connectivity index (χ0v) is 18.0. The van der Waals surface area contributed by atoms with Crippen LogP contribution in [0.5, 0.6) is 5.75 Å². The van der Waals surface area contributed by atoms with Crippen LogP contribution in [0.2, 0.25) is 10.0 Å². The summed E-state index contributed by atoms with van der Waals surface area (Å²) >= 11 is 12.0. The summed E-state index contributed by atoms with van der Waals surface area (Å²) < 4.78 is 5.66. The molecule has 1 aliphatic rings. The highest BCUT2D eigenvalue weighted by Gasteiger charge is 2.24. The molecule has 5 nitrogen and oxygen atoms in total. The zero-order chi connectivity index (χ0) is 21.0. The molecule has 2 amide bonds. The number of benzene rings is 2. The van der Waals surface area contributed by atoms with Gasteiger partial charge in [-0.25, -0.2) is 0 Å². The molecule has 1 unspecified atom stereocenters. The average Bonchev–Trinajstić information content (AvgIpc) is 2.70. The van der Waals surface area contributed by atoms with Crippen molar-refractivity contribution in [3.05, 3.63) is 58.1 Å². The van der Waals surface area contributed by atoms with Gasteiger partial charge in [0.15, 0.2) is 6.10 Å². The molecule has 0 bridgehead atoms. The maximum absolute atomic E-state index is 13.0. The molecule has 154 valence electrons. The molecule has 7 heteroatoms. The molecule has 0 aromatic heterocycles. The molecule has 0 saturated carbocycles. The van der Waals surface area contributed by atoms with Gasteiger partial charge in [0, 0.05) is 18.1 Å². The van der Waals surface area contributed by atoms with Gasteiger partial charge in [-0.15, -0.1) is 0 Å². The number of ether oxygens (including phenoxy) is 1. The van der Waals surface area contributed by atoms with E-state index in [1.165, 1.54) is 0 Å². The highest BCUT2D eigenvalue weighted by Crippen LogP contribution is 2.29. The second kappa shape index (κ2) is 9.51. The summed E-state index contributed by atoms with van der Waals surface area (Å²) in [6, 6.07) is 11.8. The van der Waals surface area contributed by atoms with E-state index in [0.29, 0.717) is 33.0 Å². The minimum atomic E-state index is -0.812. The van der Waals surface area contributed by atoms with Gasteiger partial charge < -0.3 is 15.0 Å². The third kappa shape index (κ3) is 5.43. The van der Waals surface area contributed by atoms with Gasteiger partial charge >= 0.3 is 0 Å². The van der Waals surface area contributed by atoms with Crippen LogP contribution < -0.4 is 10.1 Å². The molecular weight excluding hydrogens is 411 g/mol. The fraction of sp³-hybridized carbons (Fsp3) is 0.364. The molecule has 1 heterocycles. The Labute approximate surface area is 180 Å². The molecule has 0 aliphatic carbocycles. The van der Waals surface area contributed by atoms with E-state index in [1.807, 2.05) is 4.90 Å². The van der Waals surface area contributed by atoms with Crippen LogP contribution in [0.4, 0.5) is 5.69 Å². The Morgan fingerprint density at radius 2 is 1.83 bits per heavy atom. The first-order valence-corrected chi connectivity index (χ1v) is 10.4. The summed E-state index contributed by atoms with van der Waals surface area (Å²) in [5.74, 6) is 0.558. The first-order chi connectivity index (χ1) is 13.8. The molecule has 1 saturated heterocycles. The maximum atomic E-state index is 13.0. The quantitative estimate of drug-likeness (QED) is 0.696. The summed E-state index contributed by atoms with van der Waals surface area (Å²) in [7, 11) is 0. The minimum absolute atomic E-state index is 0.0675. The molecule has 1 atom stereocenters. The molecular formula is C22H24Cl2N2O3. The van der Waals surface area contributed by atoms with Crippen LogP contribution in [0.1, 0.15) is 37.0 Å². The number of rotatable bonds is 5. The number of carbonyl (C=O) groups is 2. The lowest BCUT2D eigenvalue weighted by molar-refractivity contribution is -0.122. The molecule has 1 fully saturated rings. The van der Waals surface area contributed by atoms with Crippen molar-refractivity contribution in [2.24, 2.45) is 5.92 Å². The van der Waals surface area contributed by atoms with E-state index in [9.17, 15) is 9.59 Å². The normalized spacial score (nSPS) is 15.7. The molecule has 3 rings (SSSR count). The summed E-state index contributed by atoms with van der Waals surface area (Å²) in [4.78, 5) is 27.5. The van der Waals surface area contributed by atoms with Crippen molar-refractivity contribution < 1.29 is 14.3 Å². The third-order valence-corrected chi connectivity index (χ3v) is 5.58. The average molecular weight is 435 g/mol. The maximum Gasteiger partial charge on any atom is 0.265 e. The number of piperidine rings is 1. The lowest BCUT2D eigenvalue weighted by Crippen LogP contribution is -2.38. The van der Waals surface area contributed by atoms with Gasteiger partial charge in [-0.3, -0.25) is 9.59 Å². The van der Waals surface area contributed by atoms with E-state index < -0.39 is 6.10 Å². The number of amides is 2. The van der Waals surface area contributed by atoms with Crippen LogP contribution in [0.25, 0.3) is 0 Å². The monoisotopic (exact) mass is 434 g/mol. The van der Waals surface area contributed by atoms with E-state index in [2.05, 4.69) is 12.2 Å². The zero-order valence-electron chi connectivity index (χ0n) is 16.5. The first kappa shape index (κ1) is 21.5. The third-order valence-electron chi connectivity index (χ3n) is 5.05. The number of nitrogens with one attached hydrogen (secondary N) is 1. The second-order valence-electron chi connectivity index (χ2n) is 7.34. The van der Waals surface area contributed by atoms with E-state index in [0.717, 1.165) is 25.9 Å². The Hall–Kier alpha value is -2.24. The van der Waals surface area contributed by atoms with Gasteiger partial charge in [-0.05, 0) is 56.0 Å². The molecule has 29 heavy (non-hydrogen) atoms. The minimum Gasteiger partial charge on any atom is -0.479 e. The molecule has 2 aromatic rings. The van der Waals surface area contributed by atoms with Crippen LogP contribution in [0.3, 0.4) is 0 Å². The summed E-state index contributed by atoms with van der Waals surface area (Å²) in [5, 5.41) is 3.62. The Bertz CT molecular complexity index is 895. The number of hydrogen-bond donors (Lipinski definition) is 1. The number of anilines is 1. The summed E-state index contributed by atoms with van der Waals surface area (Å²) in [6.45, 7) is 5.29. The predicted molar refractivity (Wildman–Crippen MR) is 116 cm³/mol. The van der Waals surface area contributed by atoms with Crippen LogP contribution in [0.15, 0.2) is 42.5 Å². The predicted octanol–water partition coefficient (Wildman–Crippen LogP) is 5.27. The van der Waals surface area contributed by atoms with Crippen molar-refractivity contribution in [3.8, 4) is 5.75 Å². The van der Waals surface area contributed by atoms with Gasteiger partial charge in [0.05, 0.1) is 16.3 Å². The van der Waals surface area contributed by atoms with E-state index in [-0.39, 0.29) is 11.8 Å². The van der Waals surface area contributed by atoms with E-state index >= 15 is 0 Å². The fourth-order valence-electron chi connectivity index (χ4n) is 3.21. The van der Waals surface area contributed by atoms with Gasteiger partial charge in [0.1, 0.15) is 5.75 Å². The number of para-hydroxylation sites is 1. The highest BCUT2D eigenvalue weighted by molar-refractivity contribution is 6.35. The van der Waals surface area contributed by atoms with Crippen molar-refractivity contribution in [2.75, 3.05) is 18.4 Å². The Kier molecular flexibility index (Phi) is 7.04. The Morgan fingerprint density at radius 1 is 1.14 bits per heavy atom. The number of likely N-dealkylation sites (tertiary alicyclic amines) is 1. The van der Waals surface area contributed by atoms with Crippen LogP contribution in [-0.4, -0.2) is 35.9 Å². The standard InChI is InChI=1S/C22H24Cl2N2O3/c1-14-9-11-26(12-10-14)22(28)17-5-3-4-6-19(17)25-21(27)15(2)29-20-8-7-16(23)13-18(20)24/h3-8,13-15H,9-12H2,1-2H3,(H,25,27). The first-order valence-electron chi connectivity index (χ1n) is 9.66. The van der Waals surface area contributed by atoms with E-state index in [1.54, 1.807) is 49.4 Å².